The van der Waals surface area contributed by atoms with Crippen molar-refractivity contribution in [3.63, 3.8) is 0 Å². The molecule has 8 heteroatoms. The second-order valence-corrected chi connectivity index (χ2v) is 6.94. The Morgan fingerprint density at radius 3 is 2.77 bits per heavy atom. The smallest absolute Gasteiger partial charge is 0.258 e. The Bertz CT molecular complexity index is 1430. The lowest BCUT2D eigenvalue weighted by Crippen LogP contribution is -2.09. The van der Waals surface area contributed by atoms with E-state index >= 15 is 0 Å². The van der Waals surface area contributed by atoms with Crippen LogP contribution in [0.25, 0.3) is 27.8 Å². The largest absolute Gasteiger partial charge is 0.489 e. The van der Waals surface area contributed by atoms with E-state index in [1.807, 2.05) is 54.6 Å². The van der Waals surface area contributed by atoms with Crippen LogP contribution in [-0.2, 0) is 6.61 Å². The van der Waals surface area contributed by atoms with E-state index in [9.17, 15) is 4.79 Å². The highest BCUT2D eigenvalue weighted by atomic mass is 16.5. The molecule has 3 N–H and O–H groups in total. The topological polar surface area (TPSA) is 112 Å². The zero-order valence-electron chi connectivity index (χ0n) is 16.4. The Morgan fingerprint density at radius 2 is 1.90 bits per heavy atom. The average Bonchev–Trinajstić information content (AvgIpc) is 3.20. The second kappa shape index (κ2) is 7.75. The molecule has 0 saturated heterocycles. The Labute approximate surface area is 177 Å². The molecule has 0 radical (unpaired) electrons. The predicted octanol–water partition coefficient (Wildman–Crippen LogP) is 3.33. The second-order valence-electron chi connectivity index (χ2n) is 6.94. The van der Waals surface area contributed by atoms with Gasteiger partial charge in [-0.3, -0.25) is 4.79 Å². The van der Waals surface area contributed by atoms with Crippen molar-refractivity contribution in [3.05, 3.63) is 95.3 Å². The van der Waals surface area contributed by atoms with Crippen LogP contribution < -0.4 is 16.0 Å². The lowest BCUT2D eigenvalue weighted by molar-refractivity contribution is 0.306. The molecule has 0 aliphatic carbocycles. The fraction of sp³-hybridized carbons (Fsp3) is 0.0435. The zero-order valence-corrected chi connectivity index (χ0v) is 16.4. The van der Waals surface area contributed by atoms with Crippen molar-refractivity contribution in [3.8, 4) is 22.7 Å². The number of pyridine rings is 1. The van der Waals surface area contributed by atoms with Crippen LogP contribution in [0, 0.1) is 0 Å². The normalized spacial score (nSPS) is 11.0. The van der Waals surface area contributed by atoms with Gasteiger partial charge in [0, 0.05) is 18.0 Å². The van der Waals surface area contributed by atoms with E-state index in [-0.39, 0.29) is 5.56 Å². The van der Waals surface area contributed by atoms with Crippen molar-refractivity contribution >= 4 is 16.7 Å². The Morgan fingerprint density at radius 1 is 1.03 bits per heavy atom. The standard InChI is InChI=1S/C23H18N6O2/c24-21-19(16-7-4-8-17(11-16)31-13-15-5-2-1-3-6-15)12-29(28-21)22-20-18(9-10-25-22)23(30)27-14-26-20/h1-12,14H,13H2,(H2,24,28)(H,26,27,30). The molecule has 8 nitrogen and oxygen atoms in total. The number of nitrogens with two attached hydrogens (primary N) is 1. The summed E-state index contributed by atoms with van der Waals surface area (Å²) in [5.41, 5.74) is 9.10. The van der Waals surface area contributed by atoms with Crippen molar-refractivity contribution in [2.45, 2.75) is 6.61 Å². The molecule has 0 atom stereocenters. The number of rotatable bonds is 5. The van der Waals surface area contributed by atoms with Gasteiger partial charge >= 0.3 is 0 Å². The number of anilines is 1. The monoisotopic (exact) mass is 410 g/mol. The molecule has 0 bridgehead atoms. The van der Waals surface area contributed by atoms with E-state index in [2.05, 4.69) is 20.1 Å². The molecular formula is C23H18N6O2. The maximum atomic E-state index is 12.1. The summed E-state index contributed by atoms with van der Waals surface area (Å²) in [6, 6.07) is 19.2. The lowest BCUT2D eigenvalue weighted by Gasteiger charge is -2.08. The summed E-state index contributed by atoms with van der Waals surface area (Å²) in [7, 11) is 0. The third-order valence-electron chi connectivity index (χ3n) is 4.89. The van der Waals surface area contributed by atoms with Crippen molar-refractivity contribution in [1.82, 2.24) is 24.7 Å². The molecule has 3 heterocycles. The first-order valence-electron chi connectivity index (χ1n) is 9.64. The molecule has 5 aromatic rings. The summed E-state index contributed by atoms with van der Waals surface area (Å²) in [5, 5.41) is 4.83. The highest BCUT2D eigenvalue weighted by Crippen LogP contribution is 2.29. The number of aromatic nitrogens is 5. The first kappa shape index (κ1) is 18.6. The summed E-state index contributed by atoms with van der Waals surface area (Å²) in [6.07, 6.45) is 4.66. The van der Waals surface area contributed by atoms with Crippen LogP contribution in [-0.4, -0.2) is 24.7 Å². The van der Waals surface area contributed by atoms with Crippen molar-refractivity contribution in [2.75, 3.05) is 5.73 Å². The number of benzene rings is 2. The molecule has 0 saturated carbocycles. The fourth-order valence-corrected chi connectivity index (χ4v) is 3.37. The van der Waals surface area contributed by atoms with E-state index in [1.165, 1.54) is 11.0 Å². The van der Waals surface area contributed by atoms with Crippen LogP contribution in [0.1, 0.15) is 5.56 Å². The molecule has 3 aromatic heterocycles. The SMILES string of the molecule is Nc1nn(-c2nccc3c(=O)[nH]cnc23)cc1-c1cccc(OCc2ccccc2)c1. The van der Waals surface area contributed by atoms with Gasteiger partial charge in [0.25, 0.3) is 5.56 Å². The molecule has 2 aromatic carbocycles. The van der Waals surface area contributed by atoms with E-state index in [1.54, 1.807) is 18.5 Å². The van der Waals surface area contributed by atoms with E-state index in [0.717, 1.165) is 22.4 Å². The molecule has 0 aliphatic heterocycles. The molecule has 31 heavy (non-hydrogen) atoms. The minimum atomic E-state index is -0.239. The van der Waals surface area contributed by atoms with Crippen LogP contribution in [0.4, 0.5) is 5.82 Å². The van der Waals surface area contributed by atoms with E-state index in [0.29, 0.717) is 29.1 Å². The number of hydrogen-bond donors (Lipinski definition) is 2. The minimum absolute atomic E-state index is 0.239. The summed E-state index contributed by atoms with van der Waals surface area (Å²) in [4.78, 5) is 23.2. The van der Waals surface area contributed by atoms with Gasteiger partial charge in [-0.2, -0.15) is 0 Å². The van der Waals surface area contributed by atoms with E-state index < -0.39 is 0 Å². The fourth-order valence-electron chi connectivity index (χ4n) is 3.37. The molecular weight excluding hydrogens is 392 g/mol. The minimum Gasteiger partial charge on any atom is -0.489 e. The number of H-pyrrole nitrogens is 1. The molecule has 0 fully saturated rings. The zero-order chi connectivity index (χ0) is 21.2. The van der Waals surface area contributed by atoms with Gasteiger partial charge in [0.15, 0.2) is 11.6 Å². The van der Waals surface area contributed by atoms with Gasteiger partial charge in [0.2, 0.25) is 0 Å². The summed E-state index contributed by atoms with van der Waals surface area (Å²) < 4.78 is 7.47. The van der Waals surface area contributed by atoms with Crippen molar-refractivity contribution < 1.29 is 4.74 Å². The van der Waals surface area contributed by atoms with Gasteiger partial charge in [-0.1, -0.05) is 42.5 Å². The molecule has 0 aliphatic rings. The van der Waals surface area contributed by atoms with Crippen molar-refractivity contribution in [1.29, 1.82) is 0 Å². The first-order valence-corrected chi connectivity index (χ1v) is 9.64. The first-order chi connectivity index (χ1) is 15.2. The summed E-state index contributed by atoms with van der Waals surface area (Å²) in [6.45, 7) is 0.471. The summed E-state index contributed by atoms with van der Waals surface area (Å²) in [5.74, 6) is 1.49. The number of hydrogen-bond acceptors (Lipinski definition) is 6. The summed E-state index contributed by atoms with van der Waals surface area (Å²) >= 11 is 0. The molecule has 0 unspecified atom stereocenters. The Balaban J connectivity index is 1.48. The molecule has 0 amide bonds. The highest BCUT2D eigenvalue weighted by Gasteiger charge is 2.14. The number of aromatic amines is 1. The van der Waals surface area contributed by atoms with Gasteiger partial charge in [0.05, 0.1) is 11.7 Å². The van der Waals surface area contributed by atoms with Crippen LogP contribution in [0.15, 0.2) is 84.2 Å². The third kappa shape index (κ3) is 3.62. The number of nitrogens with one attached hydrogen (secondary N) is 1. The lowest BCUT2D eigenvalue weighted by atomic mass is 10.1. The van der Waals surface area contributed by atoms with Crippen LogP contribution in [0.2, 0.25) is 0 Å². The average molecular weight is 410 g/mol. The molecule has 152 valence electrons. The molecule has 0 spiro atoms. The molecule has 5 rings (SSSR count). The van der Waals surface area contributed by atoms with Gasteiger partial charge in [-0.05, 0) is 29.3 Å². The third-order valence-corrected chi connectivity index (χ3v) is 4.89. The number of nitrogens with zero attached hydrogens (tertiary/aromatic N) is 4. The van der Waals surface area contributed by atoms with Gasteiger partial charge in [0.1, 0.15) is 17.9 Å². The van der Waals surface area contributed by atoms with Crippen LogP contribution in [0.3, 0.4) is 0 Å². The number of nitrogen functional groups attached to an aromatic ring is 1. The van der Waals surface area contributed by atoms with Gasteiger partial charge < -0.3 is 15.5 Å². The van der Waals surface area contributed by atoms with Crippen molar-refractivity contribution in [2.24, 2.45) is 0 Å². The maximum absolute atomic E-state index is 12.1. The Hall–Kier alpha value is -4.46. The van der Waals surface area contributed by atoms with Gasteiger partial charge in [-0.15, -0.1) is 5.10 Å². The number of fused-ring (bicyclic) bond motifs is 1. The highest BCUT2D eigenvalue weighted by molar-refractivity contribution is 5.84. The maximum Gasteiger partial charge on any atom is 0.258 e. The Kier molecular flexibility index (Phi) is 4.64. The van der Waals surface area contributed by atoms with Crippen LogP contribution >= 0.6 is 0 Å². The van der Waals surface area contributed by atoms with E-state index in [4.69, 9.17) is 10.5 Å². The van der Waals surface area contributed by atoms with Gasteiger partial charge in [-0.25, -0.2) is 14.6 Å². The van der Waals surface area contributed by atoms with Crippen LogP contribution in [0.5, 0.6) is 5.75 Å². The number of ether oxygens (including phenoxy) is 1. The predicted molar refractivity (Wildman–Crippen MR) is 118 cm³/mol. The quantitative estimate of drug-likeness (QED) is 0.460.